The van der Waals surface area contributed by atoms with Crippen molar-refractivity contribution in [1.29, 1.82) is 0 Å². The van der Waals surface area contributed by atoms with Crippen LogP contribution in [-0.4, -0.2) is 37.9 Å². The Morgan fingerprint density at radius 2 is 2.07 bits per heavy atom. The van der Waals surface area contributed by atoms with E-state index in [-0.39, 0.29) is 12.5 Å². The van der Waals surface area contributed by atoms with Crippen LogP contribution in [0, 0.1) is 0 Å². The lowest BCUT2D eigenvalue weighted by atomic mass is 10.2. The van der Waals surface area contributed by atoms with Crippen LogP contribution in [0.25, 0.3) is 0 Å². The molecule has 0 aromatic carbocycles. The second kappa shape index (κ2) is 10.5. The quantitative estimate of drug-likeness (QED) is 0.542. The number of aliphatic hydroxyl groups excluding tert-OH is 1. The third-order valence-corrected chi connectivity index (χ3v) is 1.91. The summed E-state index contributed by atoms with van der Waals surface area (Å²) in [5.74, 6) is 0.0795. The van der Waals surface area contributed by atoms with Gasteiger partial charge in [0.25, 0.3) is 0 Å². The summed E-state index contributed by atoms with van der Waals surface area (Å²) in [5, 5.41) is 11.2. The van der Waals surface area contributed by atoms with Crippen LogP contribution >= 0.6 is 0 Å². The van der Waals surface area contributed by atoms with E-state index in [9.17, 15) is 4.79 Å². The smallest absolute Gasteiger partial charge is 0.219 e. The number of aliphatic hydroxyl groups is 1. The number of methoxy groups -OCH3 is 1. The van der Waals surface area contributed by atoms with Crippen molar-refractivity contribution in [1.82, 2.24) is 5.32 Å². The maximum absolute atomic E-state index is 11.1. The third kappa shape index (κ3) is 9.48. The number of unbranched alkanes of at least 4 members (excludes halogenated alkanes) is 2. The van der Waals surface area contributed by atoms with Gasteiger partial charge in [-0.15, -0.1) is 0 Å². The molecule has 2 N–H and O–H groups in total. The lowest BCUT2D eigenvalue weighted by Crippen LogP contribution is -2.24. The van der Waals surface area contributed by atoms with Crippen molar-refractivity contribution in [2.75, 3.05) is 26.9 Å². The SMILES string of the molecule is COCCCCCC(=O)NCCCO. The fourth-order valence-corrected chi connectivity index (χ4v) is 1.10. The van der Waals surface area contributed by atoms with Gasteiger partial charge in [0, 0.05) is 33.3 Å². The molecule has 84 valence electrons. The normalized spacial score (nSPS) is 10.1. The Morgan fingerprint density at radius 1 is 1.29 bits per heavy atom. The minimum atomic E-state index is 0.0795. The molecule has 0 radical (unpaired) electrons. The lowest BCUT2D eigenvalue weighted by molar-refractivity contribution is -0.121. The first kappa shape index (κ1) is 13.4. The van der Waals surface area contributed by atoms with E-state index >= 15 is 0 Å². The van der Waals surface area contributed by atoms with Crippen LogP contribution in [0.15, 0.2) is 0 Å². The number of rotatable bonds is 9. The fourth-order valence-electron chi connectivity index (χ4n) is 1.10. The van der Waals surface area contributed by atoms with E-state index in [0.29, 0.717) is 19.4 Å². The number of ether oxygens (including phenoxy) is 1. The first-order valence-corrected chi connectivity index (χ1v) is 5.17. The molecule has 0 atom stereocenters. The van der Waals surface area contributed by atoms with E-state index in [0.717, 1.165) is 25.9 Å². The number of hydrogen-bond acceptors (Lipinski definition) is 3. The molecule has 1 amide bonds. The first-order valence-electron chi connectivity index (χ1n) is 5.17. The van der Waals surface area contributed by atoms with Gasteiger partial charge in [0.15, 0.2) is 0 Å². The van der Waals surface area contributed by atoms with Crippen LogP contribution in [0.2, 0.25) is 0 Å². The molecule has 0 spiro atoms. The zero-order valence-corrected chi connectivity index (χ0v) is 8.92. The van der Waals surface area contributed by atoms with Gasteiger partial charge >= 0.3 is 0 Å². The van der Waals surface area contributed by atoms with Crippen molar-refractivity contribution >= 4 is 5.91 Å². The highest BCUT2D eigenvalue weighted by Crippen LogP contribution is 1.99. The summed E-state index contributed by atoms with van der Waals surface area (Å²) in [6.07, 6.45) is 4.17. The monoisotopic (exact) mass is 203 g/mol. The number of amides is 1. The van der Waals surface area contributed by atoms with Crippen LogP contribution in [0.5, 0.6) is 0 Å². The Balaban J connectivity index is 3.10. The molecular formula is C10H21NO3. The topological polar surface area (TPSA) is 58.6 Å². The molecule has 0 aliphatic rings. The molecule has 0 heterocycles. The molecule has 0 saturated carbocycles. The third-order valence-electron chi connectivity index (χ3n) is 1.91. The summed E-state index contributed by atoms with van der Waals surface area (Å²) in [6, 6.07) is 0. The molecule has 0 aliphatic carbocycles. The zero-order chi connectivity index (χ0) is 10.6. The van der Waals surface area contributed by atoms with Crippen molar-refractivity contribution < 1.29 is 14.6 Å². The van der Waals surface area contributed by atoms with Crippen molar-refractivity contribution in [3.63, 3.8) is 0 Å². The standard InChI is InChI=1S/C10H21NO3/c1-14-9-4-2-3-6-10(13)11-7-5-8-12/h12H,2-9H2,1H3,(H,11,13). The lowest BCUT2D eigenvalue weighted by Gasteiger charge is -2.03. The van der Waals surface area contributed by atoms with Gasteiger partial charge in [0.1, 0.15) is 0 Å². The minimum absolute atomic E-state index is 0.0795. The minimum Gasteiger partial charge on any atom is -0.396 e. The van der Waals surface area contributed by atoms with Crippen LogP contribution in [-0.2, 0) is 9.53 Å². The van der Waals surface area contributed by atoms with Crippen LogP contribution in [0.1, 0.15) is 32.1 Å². The Labute approximate surface area is 85.6 Å². The second-order valence-electron chi connectivity index (χ2n) is 3.23. The van der Waals surface area contributed by atoms with Gasteiger partial charge in [-0.3, -0.25) is 4.79 Å². The number of nitrogens with one attached hydrogen (secondary N) is 1. The molecule has 0 fully saturated rings. The van der Waals surface area contributed by atoms with E-state index in [1.54, 1.807) is 7.11 Å². The summed E-state index contributed by atoms with van der Waals surface area (Å²) in [4.78, 5) is 11.1. The predicted molar refractivity (Wildman–Crippen MR) is 55.1 cm³/mol. The highest BCUT2D eigenvalue weighted by atomic mass is 16.5. The molecule has 0 bridgehead atoms. The van der Waals surface area contributed by atoms with Crippen molar-refractivity contribution in [3.8, 4) is 0 Å². The van der Waals surface area contributed by atoms with Crippen molar-refractivity contribution in [2.45, 2.75) is 32.1 Å². The summed E-state index contributed by atoms with van der Waals surface area (Å²) < 4.78 is 4.90. The molecule has 0 saturated heterocycles. The number of hydrogen-bond donors (Lipinski definition) is 2. The summed E-state index contributed by atoms with van der Waals surface area (Å²) in [7, 11) is 1.68. The van der Waals surface area contributed by atoms with Gasteiger partial charge in [0.05, 0.1) is 0 Å². The van der Waals surface area contributed by atoms with Gasteiger partial charge in [-0.1, -0.05) is 6.42 Å². The molecule has 4 nitrogen and oxygen atoms in total. The zero-order valence-electron chi connectivity index (χ0n) is 8.92. The Hall–Kier alpha value is -0.610. The highest BCUT2D eigenvalue weighted by Gasteiger charge is 1.99. The molecule has 0 unspecified atom stereocenters. The maximum Gasteiger partial charge on any atom is 0.219 e. The molecule has 14 heavy (non-hydrogen) atoms. The number of carbonyl (C=O) groups excluding carboxylic acids is 1. The van der Waals surface area contributed by atoms with E-state index in [2.05, 4.69) is 5.32 Å². The average Bonchev–Trinajstić information content (AvgIpc) is 2.18. The molecule has 4 heteroatoms. The summed E-state index contributed by atoms with van der Waals surface area (Å²) >= 11 is 0. The fraction of sp³-hybridized carbons (Fsp3) is 0.900. The predicted octanol–water partition coefficient (Wildman–Crippen LogP) is 0.692. The molecule has 0 rings (SSSR count). The summed E-state index contributed by atoms with van der Waals surface area (Å²) in [6.45, 7) is 1.48. The molecule has 0 aromatic rings. The maximum atomic E-state index is 11.1. The largest absolute Gasteiger partial charge is 0.396 e. The summed E-state index contributed by atoms with van der Waals surface area (Å²) in [5.41, 5.74) is 0. The Bertz CT molecular complexity index is 139. The van der Waals surface area contributed by atoms with Gasteiger partial charge in [0.2, 0.25) is 5.91 Å². The van der Waals surface area contributed by atoms with E-state index in [1.807, 2.05) is 0 Å². The van der Waals surface area contributed by atoms with Crippen molar-refractivity contribution in [3.05, 3.63) is 0 Å². The Kier molecular flexibility index (Phi) is 10.0. The van der Waals surface area contributed by atoms with Gasteiger partial charge in [-0.25, -0.2) is 0 Å². The highest BCUT2D eigenvalue weighted by molar-refractivity contribution is 5.75. The van der Waals surface area contributed by atoms with Gasteiger partial charge in [-0.05, 0) is 19.3 Å². The average molecular weight is 203 g/mol. The van der Waals surface area contributed by atoms with Crippen LogP contribution < -0.4 is 5.32 Å². The van der Waals surface area contributed by atoms with Gasteiger partial charge < -0.3 is 15.2 Å². The first-order chi connectivity index (χ1) is 6.81. The van der Waals surface area contributed by atoms with Crippen LogP contribution in [0.3, 0.4) is 0 Å². The van der Waals surface area contributed by atoms with E-state index < -0.39 is 0 Å². The molecular weight excluding hydrogens is 182 g/mol. The Morgan fingerprint density at radius 3 is 2.71 bits per heavy atom. The molecule has 0 aromatic heterocycles. The number of carbonyl (C=O) groups is 1. The van der Waals surface area contributed by atoms with Gasteiger partial charge in [-0.2, -0.15) is 0 Å². The van der Waals surface area contributed by atoms with Crippen molar-refractivity contribution in [2.24, 2.45) is 0 Å². The van der Waals surface area contributed by atoms with E-state index in [1.165, 1.54) is 0 Å². The second-order valence-corrected chi connectivity index (χ2v) is 3.23. The van der Waals surface area contributed by atoms with Crippen LogP contribution in [0.4, 0.5) is 0 Å². The van der Waals surface area contributed by atoms with E-state index in [4.69, 9.17) is 9.84 Å². The molecule has 0 aliphatic heterocycles.